The molecule has 0 bridgehead atoms. The highest BCUT2D eigenvalue weighted by molar-refractivity contribution is 5.95. The number of amides is 1. The Labute approximate surface area is 138 Å². The average Bonchev–Trinajstić information content (AvgIpc) is 2.90. The first-order chi connectivity index (χ1) is 11.4. The summed E-state index contributed by atoms with van der Waals surface area (Å²) in [5, 5.41) is 3.55. The summed E-state index contributed by atoms with van der Waals surface area (Å²) in [4.78, 5) is 12.2. The Bertz CT molecular complexity index is 761. The molecule has 4 nitrogen and oxygen atoms in total. The molecule has 2 rings (SSSR count). The van der Waals surface area contributed by atoms with Crippen molar-refractivity contribution >= 4 is 5.91 Å². The van der Waals surface area contributed by atoms with Crippen molar-refractivity contribution in [1.82, 2.24) is 14.7 Å². The molecule has 136 valence electrons. The highest BCUT2D eigenvalue weighted by Gasteiger charge is 2.42. The van der Waals surface area contributed by atoms with E-state index in [-0.39, 0.29) is 10.6 Å². The second-order valence-corrected chi connectivity index (χ2v) is 5.43. The number of hydrogen-bond donors (Lipinski definition) is 0. The van der Waals surface area contributed by atoms with Crippen LogP contribution in [0.1, 0.15) is 21.6 Å². The Kier molecular flexibility index (Phi) is 4.83. The van der Waals surface area contributed by atoms with Gasteiger partial charge in [0.1, 0.15) is 6.54 Å². The number of nitrogens with zero attached hydrogens (tertiary/aromatic N) is 3. The van der Waals surface area contributed by atoms with Crippen LogP contribution in [-0.4, -0.2) is 40.4 Å². The van der Waals surface area contributed by atoms with Gasteiger partial charge in [0.25, 0.3) is 5.91 Å². The molecule has 0 fully saturated rings. The molecule has 1 amide bonds. The van der Waals surface area contributed by atoms with Crippen LogP contribution in [0.3, 0.4) is 0 Å². The first-order valence-corrected chi connectivity index (χ1v) is 6.94. The summed E-state index contributed by atoms with van der Waals surface area (Å²) < 4.78 is 77.9. The molecule has 0 unspecified atom stereocenters. The quantitative estimate of drug-likeness (QED) is 0.776. The van der Waals surface area contributed by atoms with Crippen molar-refractivity contribution in [2.24, 2.45) is 0 Å². The molecule has 0 N–H and O–H groups in total. The van der Waals surface area contributed by atoms with Crippen LogP contribution in [0.4, 0.5) is 26.3 Å². The van der Waals surface area contributed by atoms with Gasteiger partial charge >= 0.3 is 12.4 Å². The van der Waals surface area contributed by atoms with E-state index >= 15 is 0 Å². The SMILES string of the molecule is Cc1ccc(-n2ncc(C(=O)N(C)CC(F)(F)F)c2C(F)(F)F)cc1. The van der Waals surface area contributed by atoms with Gasteiger partial charge in [0.05, 0.1) is 17.4 Å². The van der Waals surface area contributed by atoms with E-state index in [9.17, 15) is 31.1 Å². The molecule has 1 aromatic carbocycles. The molecule has 0 aliphatic rings. The minimum Gasteiger partial charge on any atom is -0.332 e. The molecular formula is C15H13F6N3O. The van der Waals surface area contributed by atoms with Crippen molar-refractivity contribution in [2.45, 2.75) is 19.3 Å². The van der Waals surface area contributed by atoms with Crippen molar-refractivity contribution in [3.63, 3.8) is 0 Å². The van der Waals surface area contributed by atoms with Gasteiger partial charge in [0.2, 0.25) is 0 Å². The molecule has 0 saturated heterocycles. The van der Waals surface area contributed by atoms with E-state index in [1.54, 1.807) is 19.1 Å². The first-order valence-electron chi connectivity index (χ1n) is 6.94. The lowest BCUT2D eigenvalue weighted by molar-refractivity contribution is -0.143. The van der Waals surface area contributed by atoms with Gasteiger partial charge in [-0.1, -0.05) is 17.7 Å². The van der Waals surface area contributed by atoms with Gasteiger partial charge in [-0.2, -0.15) is 31.4 Å². The second kappa shape index (κ2) is 6.41. The van der Waals surface area contributed by atoms with Gasteiger partial charge in [0, 0.05) is 7.05 Å². The third kappa shape index (κ3) is 4.31. The van der Waals surface area contributed by atoms with Gasteiger partial charge in [-0.05, 0) is 19.1 Å². The summed E-state index contributed by atoms with van der Waals surface area (Å²) in [6, 6.07) is 5.83. The zero-order valence-electron chi connectivity index (χ0n) is 13.1. The maximum absolute atomic E-state index is 13.4. The van der Waals surface area contributed by atoms with Gasteiger partial charge < -0.3 is 4.90 Å². The smallest absolute Gasteiger partial charge is 0.332 e. The van der Waals surface area contributed by atoms with E-state index in [1.165, 1.54) is 12.1 Å². The number of halogens is 6. The van der Waals surface area contributed by atoms with Crippen LogP contribution in [0.5, 0.6) is 0 Å². The van der Waals surface area contributed by atoms with Crippen molar-refractivity contribution in [1.29, 1.82) is 0 Å². The van der Waals surface area contributed by atoms with Crippen molar-refractivity contribution in [3.05, 3.63) is 47.3 Å². The van der Waals surface area contributed by atoms with E-state index < -0.39 is 36.1 Å². The van der Waals surface area contributed by atoms with Crippen LogP contribution in [-0.2, 0) is 6.18 Å². The molecule has 1 aromatic heterocycles. The fourth-order valence-corrected chi connectivity index (χ4v) is 2.21. The van der Waals surface area contributed by atoms with Gasteiger partial charge in [0.15, 0.2) is 5.69 Å². The maximum atomic E-state index is 13.4. The van der Waals surface area contributed by atoms with E-state index in [1.807, 2.05) is 0 Å². The molecule has 0 saturated carbocycles. The van der Waals surface area contributed by atoms with Gasteiger partial charge in [-0.3, -0.25) is 4.79 Å². The highest BCUT2D eigenvalue weighted by atomic mass is 19.4. The number of rotatable bonds is 3. The Morgan fingerprint density at radius 1 is 1.12 bits per heavy atom. The Morgan fingerprint density at radius 3 is 2.16 bits per heavy atom. The topological polar surface area (TPSA) is 38.1 Å². The Morgan fingerprint density at radius 2 is 1.68 bits per heavy atom. The van der Waals surface area contributed by atoms with E-state index in [0.29, 0.717) is 10.9 Å². The Hall–Kier alpha value is -2.52. The second-order valence-electron chi connectivity index (χ2n) is 5.43. The Balaban J connectivity index is 2.50. The fraction of sp³-hybridized carbons (Fsp3) is 0.333. The minimum atomic E-state index is -4.98. The molecule has 10 heteroatoms. The van der Waals surface area contributed by atoms with Gasteiger partial charge in [-0.25, -0.2) is 4.68 Å². The predicted octanol–water partition coefficient (Wildman–Crippen LogP) is 3.83. The maximum Gasteiger partial charge on any atom is 0.434 e. The van der Waals surface area contributed by atoms with E-state index in [2.05, 4.69) is 5.10 Å². The summed E-state index contributed by atoms with van der Waals surface area (Å²) in [5.74, 6) is -1.41. The highest BCUT2D eigenvalue weighted by Crippen LogP contribution is 2.34. The molecule has 0 aliphatic carbocycles. The van der Waals surface area contributed by atoms with Crippen LogP contribution in [0.2, 0.25) is 0 Å². The monoisotopic (exact) mass is 365 g/mol. The zero-order valence-corrected chi connectivity index (χ0v) is 13.1. The van der Waals surface area contributed by atoms with Crippen LogP contribution < -0.4 is 0 Å². The zero-order chi connectivity index (χ0) is 19.0. The molecule has 1 heterocycles. The minimum absolute atomic E-state index is 0.0375. The molecule has 25 heavy (non-hydrogen) atoms. The predicted molar refractivity (Wildman–Crippen MR) is 76.3 cm³/mol. The van der Waals surface area contributed by atoms with E-state index in [4.69, 9.17) is 0 Å². The van der Waals surface area contributed by atoms with E-state index in [0.717, 1.165) is 12.6 Å². The summed E-state index contributed by atoms with van der Waals surface area (Å²) in [6.07, 6.45) is -9.08. The van der Waals surface area contributed by atoms with Crippen molar-refractivity contribution in [2.75, 3.05) is 13.6 Å². The number of aryl methyl sites for hydroxylation is 1. The summed E-state index contributed by atoms with van der Waals surface area (Å²) >= 11 is 0. The average molecular weight is 365 g/mol. The molecule has 0 atom stereocenters. The van der Waals surface area contributed by atoms with Crippen LogP contribution in [0, 0.1) is 6.92 Å². The summed E-state index contributed by atoms with van der Waals surface area (Å²) in [7, 11) is 0.777. The van der Waals surface area contributed by atoms with Crippen molar-refractivity contribution < 1.29 is 31.1 Å². The largest absolute Gasteiger partial charge is 0.434 e. The molecule has 2 aromatic rings. The first kappa shape index (κ1) is 18.8. The number of carbonyl (C=O) groups excluding carboxylic acids is 1. The number of hydrogen-bond acceptors (Lipinski definition) is 2. The molecule has 0 spiro atoms. The lowest BCUT2D eigenvalue weighted by Crippen LogP contribution is -2.36. The number of carbonyl (C=O) groups is 1. The third-order valence-corrected chi connectivity index (χ3v) is 3.31. The molecular weight excluding hydrogens is 352 g/mol. The molecule has 0 aliphatic heterocycles. The molecule has 0 radical (unpaired) electrons. The lowest BCUT2D eigenvalue weighted by atomic mass is 10.2. The number of benzene rings is 1. The van der Waals surface area contributed by atoms with Gasteiger partial charge in [-0.15, -0.1) is 0 Å². The van der Waals surface area contributed by atoms with Crippen LogP contribution >= 0.6 is 0 Å². The van der Waals surface area contributed by atoms with Crippen LogP contribution in [0.15, 0.2) is 30.5 Å². The fourth-order valence-electron chi connectivity index (χ4n) is 2.21. The standard InChI is InChI=1S/C15H13F6N3O/c1-9-3-5-10(6-4-9)24-12(15(19,20)21)11(7-22-24)13(25)23(2)8-14(16,17)18/h3-7H,8H2,1-2H3. The number of alkyl halides is 6. The third-order valence-electron chi connectivity index (χ3n) is 3.31. The lowest BCUT2D eigenvalue weighted by Gasteiger charge is -2.19. The summed E-state index contributed by atoms with van der Waals surface area (Å²) in [5.41, 5.74) is -1.53. The summed E-state index contributed by atoms with van der Waals surface area (Å²) in [6.45, 7) is 0.0669. The number of aromatic nitrogens is 2. The normalized spacial score (nSPS) is 12.3. The van der Waals surface area contributed by atoms with Crippen molar-refractivity contribution in [3.8, 4) is 5.69 Å². The van der Waals surface area contributed by atoms with Crippen LogP contribution in [0.25, 0.3) is 5.69 Å².